The maximum atomic E-state index is 12.7. The molecule has 0 aliphatic carbocycles. The summed E-state index contributed by atoms with van der Waals surface area (Å²) in [6, 6.07) is 8.18. The maximum absolute atomic E-state index is 12.7. The lowest BCUT2D eigenvalue weighted by molar-refractivity contribution is 0.0791. The highest BCUT2D eigenvalue weighted by Gasteiger charge is 2.27. The predicted octanol–water partition coefficient (Wildman–Crippen LogP) is 2.34. The van der Waals surface area contributed by atoms with Gasteiger partial charge >= 0.3 is 5.63 Å². The molecule has 7 nitrogen and oxygen atoms in total. The van der Waals surface area contributed by atoms with Crippen LogP contribution in [0.15, 0.2) is 44.7 Å². The van der Waals surface area contributed by atoms with Gasteiger partial charge in [0.05, 0.1) is 10.9 Å². The normalized spacial score (nSPS) is 17.7. The maximum Gasteiger partial charge on any atom is 0.346 e. The molecule has 1 aromatic carbocycles. The summed E-state index contributed by atoms with van der Waals surface area (Å²) in [7, 11) is 0. The monoisotopic (exact) mass is 325 g/mol. The Morgan fingerprint density at radius 3 is 2.88 bits per heavy atom. The molecule has 1 aliphatic heterocycles. The Morgan fingerprint density at radius 2 is 2.12 bits per heavy atom. The molecule has 1 saturated heterocycles. The van der Waals surface area contributed by atoms with E-state index in [-0.39, 0.29) is 11.9 Å². The van der Waals surface area contributed by atoms with Crippen LogP contribution in [0.5, 0.6) is 0 Å². The lowest BCUT2D eigenvalue weighted by Crippen LogP contribution is -2.29. The van der Waals surface area contributed by atoms with Crippen molar-refractivity contribution in [3.05, 3.63) is 56.9 Å². The number of aryl methyl sites for hydroxylation is 1. The number of carbonyl (C=O) groups excluding carboxylic acids is 1. The van der Waals surface area contributed by atoms with Crippen molar-refractivity contribution < 1.29 is 9.21 Å². The summed E-state index contributed by atoms with van der Waals surface area (Å²) in [5.74, 6) is -0.158. The predicted molar refractivity (Wildman–Crippen MR) is 88.3 cm³/mol. The Morgan fingerprint density at radius 1 is 1.29 bits per heavy atom. The lowest BCUT2D eigenvalue weighted by Gasteiger charge is -2.15. The lowest BCUT2D eigenvalue weighted by atomic mass is 10.1. The van der Waals surface area contributed by atoms with Gasteiger partial charge in [-0.3, -0.25) is 9.20 Å². The van der Waals surface area contributed by atoms with Crippen molar-refractivity contribution >= 4 is 22.5 Å². The van der Waals surface area contributed by atoms with Crippen molar-refractivity contribution in [3.8, 4) is 0 Å². The van der Waals surface area contributed by atoms with Crippen LogP contribution in [0.25, 0.3) is 16.6 Å². The van der Waals surface area contributed by atoms with Gasteiger partial charge in [-0.15, -0.1) is 0 Å². The zero-order valence-corrected chi connectivity index (χ0v) is 13.1. The fraction of sp³-hybridized carbons (Fsp3) is 0.294. The molecule has 1 amide bonds. The quantitative estimate of drug-likeness (QED) is 0.677. The topological polar surface area (TPSA) is 84.4 Å². The number of nitroso groups, excluding NO2 is 1. The van der Waals surface area contributed by atoms with Crippen LogP contribution in [0, 0.1) is 11.8 Å². The molecule has 1 atom stereocenters. The Hall–Kier alpha value is -2.96. The summed E-state index contributed by atoms with van der Waals surface area (Å²) >= 11 is 0. The van der Waals surface area contributed by atoms with E-state index < -0.39 is 5.63 Å². The smallest absolute Gasteiger partial charge is 0.346 e. The first kappa shape index (κ1) is 14.6. The molecule has 0 saturated carbocycles. The van der Waals surface area contributed by atoms with E-state index in [0.29, 0.717) is 41.7 Å². The molecule has 24 heavy (non-hydrogen) atoms. The van der Waals surface area contributed by atoms with Gasteiger partial charge < -0.3 is 9.32 Å². The first-order valence-electron chi connectivity index (χ1n) is 7.75. The molecule has 1 aliphatic rings. The summed E-state index contributed by atoms with van der Waals surface area (Å²) < 4.78 is 7.10. The van der Waals surface area contributed by atoms with Crippen molar-refractivity contribution in [3.63, 3.8) is 0 Å². The number of fused-ring (bicyclic) bond motifs is 3. The molecule has 4 rings (SSSR count). The van der Waals surface area contributed by atoms with Gasteiger partial charge in [-0.2, -0.15) is 4.91 Å². The number of benzene rings is 1. The van der Waals surface area contributed by atoms with Crippen molar-refractivity contribution in [2.75, 3.05) is 13.1 Å². The van der Waals surface area contributed by atoms with Gasteiger partial charge in [-0.05, 0) is 37.6 Å². The molecule has 0 bridgehead atoms. The molecular formula is C17H15N3O4. The Balaban J connectivity index is 1.84. The highest BCUT2D eigenvalue weighted by molar-refractivity contribution is 5.98. The molecule has 2 aromatic heterocycles. The van der Waals surface area contributed by atoms with Gasteiger partial charge in [0.15, 0.2) is 0 Å². The van der Waals surface area contributed by atoms with Crippen LogP contribution >= 0.6 is 0 Å². The van der Waals surface area contributed by atoms with E-state index in [4.69, 9.17) is 4.42 Å². The van der Waals surface area contributed by atoms with E-state index in [1.807, 2.05) is 17.4 Å². The number of hydrogen-bond donors (Lipinski definition) is 0. The third kappa shape index (κ3) is 2.12. The largest absolute Gasteiger partial charge is 0.405 e. The zero-order valence-electron chi connectivity index (χ0n) is 13.1. The second kappa shape index (κ2) is 5.30. The fourth-order valence-corrected chi connectivity index (χ4v) is 3.27. The highest BCUT2D eigenvalue weighted by atomic mass is 16.4. The van der Waals surface area contributed by atoms with Gasteiger partial charge in [0.25, 0.3) is 5.91 Å². The second-order valence-electron chi connectivity index (χ2n) is 6.07. The number of aromatic nitrogens is 1. The van der Waals surface area contributed by atoms with Crippen molar-refractivity contribution in [1.29, 1.82) is 0 Å². The molecular weight excluding hydrogens is 310 g/mol. The zero-order chi connectivity index (χ0) is 16.8. The average Bonchev–Trinajstić information content (AvgIpc) is 3.21. The van der Waals surface area contributed by atoms with E-state index in [2.05, 4.69) is 5.18 Å². The molecule has 0 N–H and O–H groups in total. The molecule has 0 unspecified atom stereocenters. The van der Waals surface area contributed by atoms with Gasteiger partial charge in [-0.25, -0.2) is 4.79 Å². The van der Waals surface area contributed by atoms with Crippen LogP contribution in [-0.2, 0) is 0 Å². The minimum absolute atomic E-state index is 0.158. The number of likely N-dealkylation sites (tertiary alicyclic amines) is 1. The van der Waals surface area contributed by atoms with E-state index in [1.54, 1.807) is 29.2 Å². The standard InChI is InChI=1S/C17H15N3O4/c1-10-2-5-15-20(10)14-8-11(3-4-13(14)17(22)24-15)16(21)19-7-6-12(9-19)18-23/h2-5,8,12H,6-7,9H2,1H3/t12-/m1/s1. The number of nitrogens with zero attached hydrogens (tertiary/aromatic N) is 3. The van der Waals surface area contributed by atoms with Crippen LogP contribution in [0.2, 0.25) is 0 Å². The fourth-order valence-electron chi connectivity index (χ4n) is 3.27. The Bertz CT molecular complexity index is 1030. The number of amides is 1. The highest BCUT2D eigenvalue weighted by Crippen LogP contribution is 2.21. The van der Waals surface area contributed by atoms with Crippen LogP contribution in [0.1, 0.15) is 22.5 Å². The van der Waals surface area contributed by atoms with E-state index in [0.717, 1.165) is 5.69 Å². The van der Waals surface area contributed by atoms with Crippen LogP contribution in [-0.4, -0.2) is 34.3 Å². The average molecular weight is 325 g/mol. The van der Waals surface area contributed by atoms with E-state index >= 15 is 0 Å². The van der Waals surface area contributed by atoms with Crippen LogP contribution in [0.3, 0.4) is 0 Å². The number of carbonyl (C=O) groups is 1. The summed E-state index contributed by atoms with van der Waals surface area (Å²) in [5.41, 5.74) is 2.05. The number of rotatable bonds is 2. The van der Waals surface area contributed by atoms with Gasteiger partial charge in [-0.1, -0.05) is 5.18 Å². The third-order valence-electron chi connectivity index (χ3n) is 4.54. The molecule has 0 spiro atoms. The molecule has 3 aromatic rings. The van der Waals surface area contributed by atoms with Crippen molar-refractivity contribution in [2.45, 2.75) is 19.4 Å². The third-order valence-corrected chi connectivity index (χ3v) is 4.54. The molecule has 1 fully saturated rings. The number of hydrogen-bond acceptors (Lipinski definition) is 5. The molecule has 3 heterocycles. The summed E-state index contributed by atoms with van der Waals surface area (Å²) in [4.78, 5) is 37.0. The first-order valence-corrected chi connectivity index (χ1v) is 7.75. The van der Waals surface area contributed by atoms with Gasteiger partial charge in [0.2, 0.25) is 5.71 Å². The Labute approximate surface area is 136 Å². The molecule has 122 valence electrons. The summed E-state index contributed by atoms with van der Waals surface area (Å²) in [6.45, 7) is 2.76. The van der Waals surface area contributed by atoms with Gasteiger partial charge in [0, 0.05) is 30.4 Å². The minimum atomic E-state index is -0.430. The second-order valence-corrected chi connectivity index (χ2v) is 6.07. The molecule has 7 heteroatoms. The minimum Gasteiger partial charge on any atom is -0.405 e. The summed E-state index contributed by atoms with van der Waals surface area (Å²) in [5, 5.41) is 3.44. The van der Waals surface area contributed by atoms with Crippen LogP contribution < -0.4 is 5.63 Å². The van der Waals surface area contributed by atoms with Crippen LogP contribution in [0.4, 0.5) is 0 Å². The molecule has 0 radical (unpaired) electrons. The SMILES string of the molecule is Cc1ccc2oc(=O)c3ccc(C(=O)N4CC[C@@H](N=O)C4)cc3n12. The van der Waals surface area contributed by atoms with E-state index in [9.17, 15) is 14.5 Å². The van der Waals surface area contributed by atoms with E-state index in [1.165, 1.54) is 0 Å². The van der Waals surface area contributed by atoms with Gasteiger partial charge in [0.1, 0.15) is 6.04 Å². The first-order chi connectivity index (χ1) is 11.6. The van der Waals surface area contributed by atoms with Crippen molar-refractivity contribution in [2.24, 2.45) is 5.18 Å². The Kier molecular flexibility index (Phi) is 3.23. The van der Waals surface area contributed by atoms with Crippen molar-refractivity contribution in [1.82, 2.24) is 9.30 Å². The summed E-state index contributed by atoms with van der Waals surface area (Å²) in [6.07, 6.45) is 0.591.